The molecule has 2 heterocycles. The molecule has 88 valence electrons. The van der Waals surface area contributed by atoms with Gasteiger partial charge in [0.15, 0.2) is 0 Å². The van der Waals surface area contributed by atoms with E-state index >= 15 is 0 Å². The van der Waals surface area contributed by atoms with Crippen LogP contribution in [-0.2, 0) is 4.74 Å². The quantitative estimate of drug-likeness (QED) is 0.758. The van der Waals surface area contributed by atoms with Gasteiger partial charge in [-0.1, -0.05) is 24.3 Å². The van der Waals surface area contributed by atoms with Crippen LogP contribution in [0.15, 0.2) is 36.7 Å². The van der Waals surface area contributed by atoms with Crippen molar-refractivity contribution in [2.24, 2.45) is 5.92 Å². The molecule has 0 bridgehead atoms. The van der Waals surface area contributed by atoms with E-state index in [1.165, 1.54) is 10.9 Å². The Balaban J connectivity index is 2.10. The molecule has 0 spiro atoms. The van der Waals surface area contributed by atoms with Crippen LogP contribution in [0.3, 0.4) is 0 Å². The number of nitrogens with zero attached hydrogens (tertiary/aromatic N) is 1. The average molecular weight is 248 g/mol. The minimum atomic E-state index is 0.103. The number of hydrogen-bond donors (Lipinski definition) is 0. The van der Waals surface area contributed by atoms with E-state index in [1.807, 2.05) is 18.5 Å². The highest BCUT2D eigenvalue weighted by Crippen LogP contribution is 2.37. The Hall–Kier alpha value is -1.12. The number of hydrogen-bond acceptors (Lipinski definition) is 2. The Labute approximate surface area is 106 Å². The van der Waals surface area contributed by atoms with Crippen LogP contribution in [0.4, 0.5) is 0 Å². The normalized spacial score (nSPS) is 24.3. The first kappa shape index (κ1) is 11.0. The SMILES string of the molecule is ClCC1CCOC1c1cncc2ccccc12. The summed E-state index contributed by atoms with van der Waals surface area (Å²) in [7, 11) is 0. The molecule has 1 aliphatic heterocycles. The minimum absolute atomic E-state index is 0.103. The van der Waals surface area contributed by atoms with E-state index in [9.17, 15) is 0 Å². The van der Waals surface area contributed by atoms with Crippen molar-refractivity contribution in [3.05, 3.63) is 42.2 Å². The standard InChI is InChI=1S/C14H14ClNO/c15-7-10-5-6-17-14(10)13-9-16-8-11-3-1-2-4-12(11)13/h1-4,8-10,14H,5-7H2. The van der Waals surface area contributed by atoms with Gasteiger partial charge >= 0.3 is 0 Å². The van der Waals surface area contributed by atoms with Gasteiger partial charge in [-0.15, -0.1) is 11.6 Å². The second kappa shape index (κ2) is 4.63. The third kappa shape index (κ3) is 1.92. The Bertz CT molecular complexity index is 523. The molecule has 0 amide bonds. The van der Waals surface area contributed by atoms with Gasteiger partial charge in [0.1, 0.15) is 0 Å². The fraction of sp³-hybridized carbons (Fsp3) is 0.357. The van der Waals surface area contributed by atoms with E-state index in [2.05, 4.69) is 23.2 Å². The molecule has 1 aromatic heterocycles. The molecule has 2 nitrogen and oxygen atoms in total. The zero-order valence-electron chi connectivity index (χ0n) is 9.47. The smallest absolute Gasteiger partial charge is 0.0886 e. The summed E-state index contributed by atoms with van der Waals surface area (Å²) in [4.78, 5) is 4.30. The zero-order chi connectivity index (χ0) is 11.7. The van der Waals surface area contributed by atoms with Gasteiger partial charge in [0.05, 0.1) is 6.10 Å². The summed E-state index contributed by atoms with van der Waals surface area (Å²) in [5.41, 5.74) is 1.17. The van der Waals surface area contributed by atoms with Crippen molar-refractivity contribution in [3.8, 4) is 0 Å². The van der Waals surface area contributed by atoms with Crippen molar-refractivity contribution >= 4 is 22.4 Å². The summed E-state index contributed by atoms with van der Waals surface area (Å²) in [5, 5.41) is 2.39. The van der Waals surface area contributed by atoms with Crippen molar-refractivity contribution in [1.29, 1.82) is 0 Å². The number of ether oxygens (including phenoxy) is 1. The third-order valence-electron chi connectivity index (χ3n) is 3.42. The number of halogens is 1. The number of alkyl halides is 1. The number of fused-ring (bicyclic) bond motifs is 1. The molecule has 1 aliphatic rings. The van der Waals surface area contributed by atoms with Gasteiger partial charge in [-0.3, -0.25) is 4.98 Å². The molecule has 1 saturated heterocycles. The summed E-state index contributed by atoms with van der Waals surface area (Å²) in [5.74, 6) is 1.05. The van der Waals surface area contributed by atoms with Crippen molar-refractivity contribution in [1.82, 2.24) is 4.98 Å². The number of pyridine rings is 1. The maximum atomic E-state index is 6.00. The Morgan fingerprint density at radius 2 is 2.18 bits per heavy atom. The molecule has 1 fully saturated rings. The van der Waals surface area contributed by atoms with Crippen LogP contribution < -0.4 is 0 Å². The monoisotopic (exact) mass is 247 g/mol. The number of rotatable bonds is 2. The topological polar surface area (TPSA) is 22.1 Å². The van der Waals surface area contributed by atoms with Gasteiger partial charge < -0.3 is 4.74 Å². The van der Waals surface area contributed by atoms with Crippen molar-refractivity contribution in [2.45, 2.75) is 12.5 Å². The lowest BCUT2D eigenvalue weighted by Crippen LogP contribution is -2.09. The highest BCUT2D eigenvalue weighted by Gasteiger charge is 2.30. The highest BCUT2D eigenvalue weighted by atomic mass is 35.5. The Morgan fingerprint density at radius 3 is 3.06 bits per heavy atom. The lowest BCUT2D eigenvalue weighted by Gasteiger charge is -2.18. The van der Waals surface area contributed by atoms with Crippen LogP contribution >= 0.6 is 11.6 Å². The van der Waals surface area contributed by atoms with E-state index in [1.54, 1.807) is 0 Å². The highest BCUT2D eigenvalue weighted by molar-refractivity contribution is 6.18. The van der Waals surface area contributed by atoms with Crippen molar-refractivity contribution in [3.63, 3.8) is 0 Å². The maximum Gasteiger partial charge on any atom is 0.0886 e. The first-order valence-corrected chi connectivity index (χ1v) is 6.44. The number of benzene rings is 1. The second-order valence-corrected chi connectivity index (χ2v) is 4.75. The Kier molecular flexibility index (Phi) is 3.00. The first-order valence-electron chi connectivity index (χ1n) is 5.90. The molecule has 0 N–H and O–H groups in total. The van der Waals surface area contributed by atoms with Gasteiger partial charge in [0.25, 0.3) is 0 Å². The summed E-state index contributed by atoms with van der Waals surface area (Å²) < 4.78 is 5.83. The van der Waals surface area contributed by atoms with Gasteiger partial charge in [-0.05, 0) is 11.8 Å². The molecule has 0 saturated carbocycles. The first-order chi connectivity index (χ1) is 8.40. The maximum absolute atomic E-state index is 6.00. The van der Waals surface area contributed by atoms with E-state index in [-0.39, 0.29) is 6.10 Å². The Morgan fingerprint density at radius 1 is 1.29 bits per heavy atom. The molecule has 2 atom stereocenters. The fourth-order valence-electron chi connectivity index (χ4n) is 2.50. The predicted octanol–water partition coefficient (Wildman–Crippen LogP) is 3.55. The molecule has 0 aliphatic carbocycles. The minimum Gasteiger partial charge on any atom is -0.373 e. The lowest BCUT2D eigenvalue weighted by molar-refractivity contribution is 0.0960. The third-order valence-corrected chi connectivity index (χ3v) is 3.81. The van der Waals surface area contributed by atoms with Gasteiger partial charge in [-0.25, -0.2) is 0 Å². The van der Waals surface area contributed by atoms with Crippen LogP contribution in [-0.4, -0.2) is 17.5 Å². The van der Waals surface area contributed by atoms with E-state index < -0.39 is 0 Å². The molecular weight excluding hydrogens is 234 g/mol. The van der Waals surface area contributed by atoms with Gasteiger partial charge in [0, 0.05) is 41.7 Å². The summed E-state index contributed by atoms with van der Waals surface area (Å²) in [6, 6.07) is 8.29. The number of aromatic nitrogens is 1. The summed E-state index contributed by atoms with van der Waals surface area (Å²) >= 11 is 6.00. The molecule has 0 radical (unpaired) electrons. The average Bonchev–Trinajstić information content (AvgIpc) is 2.86. The molecule has 17 heavy (non-hydrogen) atoms. The fourth-order valence-corrected chi connectivity index (χ4v) is 2.82. The molecule has 2 aromatic rings. The van der Waals surface area contributed by atoms with Crippen molar-refractivity contribution < 1.29 is 4.74 Å². The van der Waals surface area contributed by atoms with Crippen LogP contribution in [0.1, 0.15) is 18.1 Å². The molecular formula is C14H14ClNO. The van der Waals surface area contributed by atoms with Crippen LogP contribution in [0.5, 0.6) is 0 Å². The largest absolute Gasteiger partial charge is 0.373 e. The van der Waals surface area contributed by atoms with Crippen molar-refractivity contribution in [2.75, 3.05) is 12.5 Å². The second-order valence-electron chi connectivity index (χ2n) is 4.44. The molecule has 1 aromatic carbocycles. The zero-order valence-corrected chi connectivity index (χ0v) is 10.2. The van der Waals surface area contributed by atoms with Gasteiger partial charge in [-0.2, -0.15) is 0 Å². The predicted molar refractivity (Wildman–Crippen MR) is 69.3 cm³/mol. The van der Waals surface area contributed by atoms with Crippen LogP contribution in [0.25, 0.3) is 10.8 Å². The van der Waals surface area contributed by atoms with E-state index in [0.29, 0.717) is 11.8 Å². The molecule has 3 heteroatoms. The molecule has 3 rings (SSSR count). The van der Waals surface area contributed by atoms with E-state index in [0.717, 1.165) is 18.4 Å². The summed E-state index contributed by atoms with van der Waals surface area (Å²) in [6.45, 7) is 0.797. The van der Waals surface area contributed by atoms with E-state index in [4.69, 9.17) is 16.3 Å². The van der Waals surface area contributed by atoms with Gasteiger partial charge in [0.2, 0.25) is 0 Å². The molecule has 2 unspecified atom stereocenters. The van der Waals surface area contributed by atoms with Crippen LogP contribution in [0, 0.1) is 5.92 Å². The lowest BCUT2D eigenvalue weighted by atomic mass is 9.95. The summed E-state index contributed by atoms with van der Waals surface area (Å²) in [6.07, 6.45) is 4.95. The van der Waals surface area contributed by atoms with Crippen LogP contribution in [0.2, 0.25) is 0 Å².